The second-order valence-electron chi connectivity index (χ2n) is 17.8. The number of nitrogens with one attached hydrogen (secondary N) is 3. The third-order valence-electron chi connectivity index (χ3n) is 13.0. The molecule has 1 aromatic heterocycles. The molecule has 3 aliphatic rings. The van der Waals surface area contributed by atoms with Crippen LogP contribution in [-0.4, -0.2) is 177 Å². The molecule has 4 heterocycles. The van der Waals surface area contributed by atoms with Gasteiger partial charge in [0.05, 0.1) is 69.0 Å². The Labute approximate surface area is 431 Å². The maximum absolute atomic E-state index is 17.0. The van der Waals surface area contributed by atoms with Gasteiger partial charge >= 0.3 is 0 Å². The molecule has 4 N–H and O–H groups in total. The van der Waals surface area contributed by atoms with Crippen molar-refractivity contribution in [1.82, 2.24) is 30.0 Å². The molecule has 392 valence electrons. The number of phenolic OH excluding ortho intramolecular Hbond substituents is 1. The molecule has 6 amide bonds. The Morgan fingerprint density at radius 1 is 0.811 bits per heavy atom. The van der Waals surface area contributed by atoms with Crippen LogP contribution in [0.2, 0.25) is 5.02 Å². The van der Waals surface area contributed by atoms with Gasteiger partial charge < -0.3 is 49.4 Å². The Morgan fingerprint density at radius 2 is 1.51 bits per heavy atom. The van der Waals surface area contributed by atoms with E-state index in [1.165, 1.54) is 12.1 Å². The molecule has 0 spiro atoms. The number of halogens is 2. The summed E-state index contributed by atoms with van der Waals surface area (Å²) in [5.41, 5.74) is 1.33. The molecular formula is C52H59ClFN9O11. The summed E-state index contributed by atoms with van der Waals surface area (Å²) in [6, 6.07) is 15.9. The number of imide groups is 2. The SMILES string of the molecule is CCC(=O)N1CCN(c2nc(NCCC(=O)N(C)CCOCCOCCOCCOCCNc3cccc4c3C(=O)N(C3CCC(=O)NC3=O)C4=O)nc3c(F)c(-c4cc(O)cc5ccccc45)c(Cl)cc23)CC1. The van der Waals surface area contributed by atoms with E-state index >= 15 is 4.39 Å². The number of piperidine rings is 1. The molecule has 2 fully saturated rings. The van der Waals surface area contributed by atoms with Crippen LogP contribution in [0.4, 0.5) is 21.8 Å². The lowest BCUT2D eigenvalue weighted by molar-refractivity contribution is -0.136. The van der Waals surface area contributed by atoms with E-state index in [1.54, 1.807) is 41.1 Å². The van der Waals surface area contributed by atoms with E-state index in [0.29, 0.717) is 125 Å². The van der Waals surface area contributed by atoms with E-state index in [-0.39, 0.29) is 83.2 Å². The first-order chi connectivity index (χ1) is 35.8. The van der Waals surface area contributed by atoms with Gasteiger partial charge in [-0.3, -0.25) is 39.0 Å². The van der Waals surface area contributed by atoms with Crippen LogP contribution in [0.5, 0.6) is 5.75 Å². The first kappa shape index (κ1) is 53.3. The molecule has 20 nitrogen and oxygen atoms in total. The maximum atomic E-state index is 17.0. The molecule has 0 aliphatic carbocycles. The zero-order chi connectivity index (χ0) is 52.3. The van der Waals surface area contributed by atoms with E-state index < -0.39 is 35.5 Å². The quantitative estimate of drug-likeness (QED) is 0.0478. The van der Waals surface area contributed by atoms with Gasteiger partial charge in [0.2, 0.25) is 29.6 Å². The molecule has 74 heavy (non-hydrogen) atoms. The first-order valence-electron chi connectivity index (χ1n) is 24.7. The van der Waals surface area contributed by atoms with Crippen LogP contribution in [0.1, 0.15) is 53.3 Å². The van der Waals surface area contributed by atoms with Crippen LogP contribution in [0.15, 0.2) is 60.7 Å². The van der Waals surface area contributed by atoms with Crippen LogP contribution in [0.3, 0.4) is 0 Å². The number of hydrogen-bond donors (Lipinski definition) is 4. The average Bonchev–Trinajstić information content (AvgIpc) is 3.66. The third kappa shape index (κ3) is 12.3. The Bertz CT molecular complexity index is 2920. The number of carbonyl (C=O) groups is 6. The fraction of sp³-hybridized carbons (Fsp3) is 0.423. The number of carbonyl (C=O) groups excluding carboxylic acids is 6. The molecule has 22 heteroatoms. The highest BCUT2D eigenvalue weighted by Gasteiger charge is 2.45. The summed E-state index contributed by atoms with van der Waals surface area (Å²) < 4.78 is 39.4. The highest BCUT2D eigenvalue weighted by atomic mass is 35.5. The molecular weight excluding hydrogens is 981 g/mol. The lowest BCUT2D eigenvalue weighted by Crippen LogP contribution is -2.54. The van der Waals surface area contributed by atoms with Gasteiger partial charge in [-0.1, -0.05) is 48.9 Å². The number of piperazine rings is 1. The van der Waals surface area contributed by atoms with Gasteiger partial charge in [-0.05, 0) is 53.1 Å². The number of hydrogen-bond acceptors (Lipinski definition) is 16. The number of aromatic nitrogens is 2. The molecule has 5 aromatic rings. The van der Waals surface area contributed by atoms with Gasteiger partial charge in [-0.15, -0.1) is 0 Å². The molecule has 0 bridgehead atoms. The second-order valence-corrected chi connectivity index (χ2v) is 18.2. The fourth-order valence-electron chi connectivity index (χ4n) is 9.12. The monoisotopic (exact) mass is 1040 g/mol. The van der Waals surface area contributed by atoms with Gasteiger partial charge in [0.15, 0.2) is 5.82 Å². The summed E-state index contributed by atoms with van der Waals surface area (Å²) in [7, 11) is 1.68. The molecule has 8 rings (SSSR count). The van der Waals surface area contributed by atoms with Gasteiger partial charge in [0, 0.05) is 88.8 Å². The summed E-state index contributed by atoms with van der Waals surface area (Å²) >= 11 is 6.87. The lowest BCUT2D eigenvalue weighted by Gasteiger charge is -2.36. The first-order valence-corrected chi connectivity index (χ1v) is 25.0. The van der Waals surface area contributed by atoms with E-state index in [0.717, 1.165) is 4.90 Å². The van der Waals surface area contributed by atoms with Gasteiger partial charge in [-0.2, -0.15) is 4.98 Å². The fourth-order valence-corrected chi connectivity index (χ4v) is 9.41. The number of phenols is 1. The van der Waals surface area contributed by atoms with Gasteiger partial charge in [0.1, 0.15) is 23.1 Å². The molecule has 3 aliphatic heterocycles. The van der Waals surface area contributed by atoms with Crippen molar-refractivity contribution in [3.63, 3.8) is 0 Å². The largest absolute Gasteiger partial charge is 0.508 e. The minimum atomic E-state index is -1.04. The number of nitrogens with zero attached hydrogens (tertiary/aromatic N) is 6. The van der Waals surface area contributed by atoms with E-state index in [9.17, 15) is 33.9 Å². The molecule has 1 atom stereocenters. The average molecular weight is 1040 g/mol. The summed E-state index contributed by atoms with van der Waals surface area (Å²) in [6.07, 6.45) is 0.610. The number of aromatic hydroxyl groups is 1. The van der Waals surface area contributed by atoms with Gasteiger partial charge in [-0.25, -0.2) is 9.37 Å². The van der Waals surface area contributed by atoms with Crippen molar-refractivity contribution >= 4 is 86.2 Å². The number of amides is 6. The number of anilines is 3. The molecule has 2 saturated heterocycles. The number of fused-ring (bicyclic) bond motifs is 3. The van der Waals surface area contributed by atoms with Crippen LogP contribution >= 0.6 is 11.6 Å². The summed E-state index contributed by atoms with van der Waals surface area (Å²) in [5.74, 6) is -2.53. The topological polar surface area (TPSA) is 234 Å². The Hall–Kier alpha value is -7.04. The van der Waals surface area contributed by atoms with E-state index in [4.69, 9.17) is 35.5 Å². The Morgan fingerprint density at radius 3 is 2.23 bits per heavy atom. The van der Waals surface area contributed by atoms with Crippen molar-refractivity contribution < 1.29 is 57.2 Å². The minimum Gasteiger partial charge on any atom is -0.508 e. The standard InChI is InChI=1S/C52H59ClFN9O11/c1-3-42(66)61-16-18-62(19-17-61)48-37-31-38(53)44(36-30-33(64)29-32-7-4-5-8-34(32)36)46(54)47(37)58-52(59-48)56-14-13-43(67)60(2)20-22-72-24-26-74-28-27-73-25-23-71-21-15-55-39-10-6-9-35-45(39)51(70)63(50(35)69)40-11-12-41(65)57-49(40)68/h4-10,29-31,40,55,64H,3,11-28H2,1-2H3,(H,56,58,59)(H,57,65,68). The summed E-state index contributed by atoms with van der Waals surface area (Å²) in [4.78, 5) is 91.5. The summed E-state index contributed by atoms with van der Waals surface area (Å²) in [6.45, 7) is 7.06. The smallest absolute Gasteiger partial charge is 0.264 e. The number of rotatable bonds is 24. The minimum absolute atomic E-state index is 0.0139. The molecule has 0 saturated carbocycles. The van der Waals surface area contributed by atoms with Crippen molar-refractivity contribution in [2.24, 2.45) is 0 Å². The van der Waals surface area contributed by atoms with Crippen molar-refractivity contribution in [2.75, 3.05) is 121 Å². The third-order valence-corrected chi connectivity index (χ3v) is 13.3. The van der Waals surface area contributed by atoms with Crippen LogP contribution in [0, 0.1) is 5.82 Å². The Balaban J connectivity index is 0.726. The second kappa shape index (κ2) is 24.8. The van der Waals surface area contributed by atoms with Crippen molar-refractivity contribution in [3.8, 4) is 16.9 Å². The molecule has 4 aromatic carbocycles. The van der Waals surface area contributed by atoms with Crippen molar-refractivity contribution in [3.05, 3.63) is 82.6 Å². The lowest BCUT2D eigenvalue weighted by atomic mass is 9.96. The van der Waals surface area contributed by atoms with Crippen LogP contribution in [0.25, 0.3) is 32.8 Å². The van der Waals surface area contributed by atoms with Gasteiger partial charge in [0.25, 0.3) is 11.8 Å². The highest BCUT2D eigenvalue weighted by Crippen LogP contribution is 2.42. The van der Waals surface area contributed by atoms with Crippen LogP contribution < -0.4 is 20.9 Å². The molecule has 1 unspecified atom stereocenters. The number of ether oxygens (including phenoxy) is 4. The van der Waals surface area contributed by atoms with E-state index in [1.807, 2.05) is 36.1 Å². The van der Waals surface area contributed by atoms with E-state index in [2.05, 4.69) is 20.9 Å². The zero-order valence-corrected chi connectivity index (χ0v) is 42.0. The molecule has 0 radical (unpaired) electrons. The highest BCUT2D eigenvalue weighted by molar-refractivity contribution is 6.35. The summed E-state index contributed by atoms with van der Waals surface area (Å²) in [5, 5.41) is 21.0. The number of likely N-dealkylation sites (N-methyl/N-ethyl adjacent to an activating group) is 1. The van der Waals surface area contributed by atoms with Crippen LogP contribution in [-0.2, 0) is 38.1 Å². The van der Waals surface area contributed by atoms with Crippen molar-refractivity contribution in [2.45, 2.75) is 38.6 Å². The number of benzene rings is 4. The normalized spacial score (nSPS) is 15.8. The maximum Gasteiger partial charge on any atom is 0.264 e. The predicted octanol–water partition coefficient (Wildman–Crippen LogP) is 4.85. The zero-order valence-electron chi connectivity index (χ0n) is 41.3. The predicted molar refractivity (Wildman–Crippen MR) is 274 cm³/mol. The van der Waals surface area contributed by atoms with Crippen molar-refractivity contribution in [1.29, 1.82) is 0 Å². The Kier molecular flexibility index (Phi) is 17.8.